The molecule has 1 aromatic rings. The molecule has 0 aromatic heterocycles. The summed E-state index contributed by atoms with van der Waals surface area (Å²) in [7, 11) is 1.39. The lowest BCUT2D eigenvalue weighted by atomic mass is 9.88. The molecule has 0 atom stereocenters. The number of carboxylic acid groups (broad SMARTS) is 1. The molecule has 0 radical (unpaired) electrons. The normalized spacial score (nSPS) is 16.5. The van der Waals surface area contributed by atoms with Gasteiger partial charge in [0.15, 0.2) is 0 Å². The van der Waals surface area contributed by atoms with Crippen LogP contribution in [0.4, 0.5) is 0 Å². The van der Waals surface area contributed by atoms with Gasteiger partial charge in [-0.05, 0) is 43.5 Å². The van der Waals surface area contributed by atoms with Gasteiger partial charge >= 0.3 is 5.97 Å². The fourth-order valence-corrected chi connectivity index (χ4v) is 2.38. The molecule has 0 unspecified atom stereocenters. The lowest BCUT2D eigenvalue weighted by Gasteiger charge is -2.24. The van der Waals surface area contributed by atoms with E-state index in [9.17, 15) is 9.90 Å². The van der Waals surface area contributed by atoms with E-state index in [0.717, 1.165) is 25.9 Å². The van der Waals surface area contributed by atoms with E-state index in [-0.39, 0.29) is 23.0 Å². The van der Waals surface area contributed by atoms with Crippen molar-refractivity contribution in [2.24, 2.45) is 0 Å². The Morgan fingerprint density at radius 2 is 2.06 bits per heavy atom. The molecular weight excluding hydrogens is 234 g/mol. The third-order valence-electron chi connectivity index (χ3n) is 3.36. The van der Waals surface area contributed by atoms with Crippen molar-refractivity contribution in [3.8, 4) is 11.5 Å². The van der Waals surface area contributed by atoms with E-state index >= 15 is 0 Å². The molecular formula is C13H17NO4. The number of piperidine rings is 1. The van der Waals surface area contributed by atoms with Gasteiger partial charge in [-0.2, -0.15) is 0 Å². The first-order valence-electron chi connectivity index (χ1n) is 5.98. The third-order valence-corrected chi connectivity index (χ3v) is 3.36. The Bertz CT molecular complexity index is 453. The molecule has 1 aliphatic rings. The van der Waals surface area contributed by atoms with Crippen molar-refractivity contribution in [1.29, 1.82) is 0 Å². The Morgan fingerprint density at radius 1 is 1.39 bits per heavy atom. The number of rotatable bonds is 3. The second-order valence-corrected chi connectivity index (χ2v) is 4.44. The van der Waals surface area contributed by atoms with Crippen LogP contribution in [0.2, 0.25) is 0 Å². The van der Waals surface area contributed by atoms with E-state index in [1.165, 1.54) is 19.2 Å². The van der Waals surface area contributed by atoms with Crippen LogP contribution in [0.3, 0.4) is 0 Å². The molecule has 98 valence electrons. The lowest BCUT2D eigenvalue weighted by Crippen LogP contribution is -2.26. The average Bonchev–Trinajstić information content (AvgIpc) is 2.39. The fourth-order valence-electron chi connectivity index (χ4n) is 2.38. The highest BCUT2D eigenvalue weighted by Crippen LogP contribution is 2.36. The first kappa shape index (κ1) is 12.7. The van der Waals surface area contributed by atoms with Crippen molar-refractivity contribution in [3.05, 3.63) is 23.3 Å². The predicted molar refractivity (Wildman–Crippen MR) is 66.5 cm³/mol. The first-order chi connectivity index (χ1) is 8.63. The van der Waals surface area contributed by atoms with Crippen LogP contribution in [0.25, 0.3) is 0 Å². The molecule has 18 heavy (non-hydrogen) atoms. The highest BCUT2D eigenvalue weighted by molar-refractivity contribution is 5.91. The monoisotopic (exact) mass is 251 g/mol. The smallest absolute Gasteiger partial charge is 0.339 e. The van der Waals surface area contributed by atoms with E-state index < -0.39 is 5.97 Å². The molecule has 1 heterocycles. The van der Waals surface area contributed by atoms with Gasteiger partial charge in [0.2, 0.25) is 0 Å². The van der Waals surface area contributed by atoms with E-state index in [1.54, 1.807) is 0 Å². The van der Waals surface area contributed by atoms with Crippen molar-refractivity contribution >= 4 is 5.97 Å². The van der Waals surface area contributed by atoms with Crippen molar-refractivity contribution < 1.29 is 19.7 Å². The fraction of sp³-hybridized carbons (Fsp3) is 0.462. The largest absolute Gasteiger partial charge is 0.508 e. The maximum absolute atomic E-state index is 11.2. The van der Waals surface area contributed by atoms with Gasteiger partial charge in [0.1, 0.15) is 17.1 Å². The number of methoxy groups -OCH3 is 1. The Morgan fingerprint density at radius 3 is 2.61 bits per heavy atom. The zero-order valence-electron chi connectivity index (χ0n) is 10.3. The van der Waals surface area contributed by atoms with Gasteiger partial charge in [0.25, 0.3) is 0 Å². The number of carbonyl (C=O) groups is 1. The van der Waals surface area contributed by atoms with Gasteiger partial charge in [-0.25, -0.2) is 4.79 Å². The number of benzene rings is 1. The summed E-state index contributed by atoms with van der Waals surface area (Å²) in [6.45, 7) is 1.77. The second kappa shape index (κ2) is 5.27. The number of nitrogens with one attached hydrogen (secondary N) is 1. The van der Waals surface area contributed by atoms with Gasteiger partial charge < -0.3 is 20.3 Å². The molecule has 1 aromatic carbocycles. The minimum absolute atomic E-state index is 0.101. The number of ether oxygens (including phenoxy) is 1. The van der Waals surface area contributed by atoms with Crippen LogP contribution in [0.1, 0.15) is 34.7 Å². The average molecular weight is 251 g/mol. The number of phenols is 1. The summed E-state index contributed by atoms with van der Waals surface area (Å²) in [4.78, 5) is 11.2. The zero-order chi connectivity index (χ0) is 13.1. The maximum Gasteiger partial charge on any atom is 0.339 e. The number of hydrogen-bond donors (Lipinski definition) is 3. The van der Waals surface area contributed by atoms with Crippen LogP contribution in [-0.2, 0) is 0 Å². The Balaban J connectivity index is 2.40. The van der Waals surface area contributed by atoms with Crippen molar-refractivity contribution in [3.63, 3.8) is 0 Å². The zero-order valence-corrected chi connectivity index (χ0v) is 10.3. The minimum Gasteiger partial charge on any atom is -0.508 e. The van der Waals surface area contributed by atoms with Gasteiger partial charge in [0.05, 0.1) is 7.11 Å². The summed E-state index contributed by atoms with van der Waals surface area (Å²) >= 11 is 0. The Hall–Kier alpha value is -1.75. The molecule has 2 rings (SSSR count). The van der Waals surface area contributed by atoms with Crippen molar-refractivity contribution in [2.75, 3.05) is 20.2 Å². The molecule has 1 fully saturated rings. The summed E-state index contributed by atoms with van der Waals surface area (Å²) in [5, 5.41) is 22.4. The molecule has 0 saturated carbocycles. The topological polar surface area (TPSA) is 78.8 Å². The molecule has 0 aliphatic carbocycles. The van der Waals surface area contributed by atoms with Gasteiger partial charge in [-0.1, -0.05) is 0 Å². The summed E-state index contributed by atoms with van der Waals surface area (Å²) in [6.07, 6.45) is 1.80. The number of carboxylic acids is 1. The van der Waals surface area contributed by atoms with E-state index in [2.05, 4.69) is 5.32 Å². The van der Waals surface area contributed by atoms with Crippen LogP contribution in [-0.4, -0.2) is 36.4 Å². The van der Waals surface area contributed by atoms with Crippen LogP contribution >= 0.6 is 0 Å². The van der Waals surface area contributed by atoms with E-state index in [1.807, 2.05) is 0 Å². The predicted octanol–water partition coefficient (Wildman–Crippen LogP) is 1.57. The third kappa shape index (κ3) is 2.41. The molecule has 5 nitrogen and oxygen atoms in total. The minimum atomic E-state index is -1.04. The van der Waals surface area contributed by atoms with E-state index in [4.69, 9.17) is 9.84 Å². The van der Waals surface area contributed by atoms with Crippen LogP contribution < -0.4 is 10.1 Å². The van der Waals surface area contributed by atoms with Gasteiger partial charge in [0, 0.05) is 6.07 Å². The lowest BCUT2D eigenvalue weighted by molar-refractivity contribution is 0.0693. The van der Waals surface area contributed by atoms with E-state index in [0.29, 0.717) is 5.56 Å². The molecule has 1 saturated heterocycles. The van der Waals surface area contributed by atoms with Crippen LogP contribution in [0.15, 0.2) is 12.1 Å². The second-order valence-electron chi connectivity index (χ2n) is 4.44. The van der Waals surface area contributed by atoms with Gasteiger partial charge in [-0.3, -0.25) is 0 Å². The highest BCUT2D eigenvalue weighted by atomic mass is 16.5. The molecule has 5 heteroatoms. The highest BCUT2D eigenvalue weighted by Gasteiger charge is 2.22. The molecule has 3 N–H and O–H groups in total. The Labute approximate surface area is 105 Å². The summed E-state index contributed by atoms with van der Waals surface area (Å²) in [5.41, 5.74) is 0.804. The molecule has 0 spiro atoms. The summed E-state index contributed by atoms with van der Waals surface area (Å²) < 4.78 is 4.98. The first-order valence-corrected chi connectivity index (χ1v) is 5.98. The number of hydrogen-bond acceptors (Lipinski definition) is 4. The standard InChI is InChI=1S/C13H17NO4/c1-18-12-7-11(15)9(6-10(12)13(16)17)8-2-4-14-5-3-8/h6-8,14-15H,2-5H2,1H3,(H,16,17). The molecule has 0 amide bonds. The maximum atomic E-state index is 11.2. The van der Waals surface area contributed by atoms with Gasteiger partial charge in [-0.15, -0.1) is 0 Å². The summed E-state index contributed by atoms with van der Waals surface area (Å²) in [6, 6.07) is 2.92. The van der Waals surface area contributed by atoms with Crippen molar-refractivity contribution in [1.82, 2.24) is 5.32 Å². The Kier molecular flexibility index (Phi) is 3.72. The molecule has 1 aliphatic heterocycles. The van der Waals surface area contributed by atoms with Crippen LogP contribution in [0, 0.1) is 0 Å². The van der Waals surface area contributed by atoms with Crippen molar-refractivity contribution in [2.45, 2.75) is 18.8 Å². The SMILES string of the molecule is COc1cc(O)c(C2CCNCC2)cc1C(=O)O. The van der Waals surface area contributed by atoms with Crippen LogP contribution in [0.5, 0.6) is 11.5 Å². The number of aromatic hydroxyl groups is 1. The quantitative estimate of drug-likeness (QED) is 0.760. The number of phenolic OH excluding ortho intramolecular Hbond substituents is 1. The molecule has 0 bridgehead atoms. The number of aromatic carboxylic acids is 1. The summed E-state index contributed by atoms with van der Waals surface area (Å²) in [5.74, 6) is -0.529.